The van der Waals surface area contributed by atoms with Crippen molar-refractivity contribution in [3.8, 4) is 0 Å². The second-order valence-corrected chi connectivity index (χ2v) is 10.5. The van der Waals surface area contributed by atoms with Crippen molar-refractivity contribution in [3.63, 3.8) is 0 Å². The first-order chi connectivity index (χ1) is 14.4. The molecule has 0 unspecified atom stereocenters. The fourth-order valence-electron chi connectivity index (χ4n) is 3.96. The Balaban J connectivity index is 1.40. The third kappa shape index (κ3) is 4.24. The van der Waals surface area contributed by atoms with E-state index in [0.29, 0.717) is 19.3 Å². The van der Waals surface area contributed by atoms with Crippen LogP contribution < -0.4 is 5.32 Å². The van der Waals surface area contributed by atoms with E-state index in [1.165, 1.54) is 34.6 Å². The number of carbonyl (C=O) groups excluding carboxylic acids is 1. The van der Waals surface area contributed by atoms with E-state index in [0.717, 1.165) is 22.3 Å². The van der Waals surface area contributed by atoms with Gasteiger partial charge in [-0.2, -0.15) is 4.31 Å². The number of hydrogen-bond donors (Lipinski definition) is 1. The minimum atomic E-state index is -3.93. The van der Waals surface area contributed by atoms with Crippen LogP contribution in [0.1, 0.15) is 30.9 Å². The zero-order valence-electron chi connectivity index (χ0n) is 16.2. The lowest BCUT2D eigenvalue weighted by molar-refractivity contribution is -0.127. The van der Waals surface area contributed by atoms with Crippen LogP contribution in [0, 0.1) is 17.6 Å². The predicted molar refractivity (Wildman–Crippen MR) is 111 cm³/mol. The highest BCUT2D eigenvalue weighted by Crippen LogP contribution is 2.37. The zero-order valence-corrected chi connectivity index (χ0v) is 17.8. The second kappa shape index (κ2) is 8.64. The van der Waals surface area contributed by atoms with Crippen LogP contribution in [0.15, 0.2) is 52.3 Å². The number of hydrogen-bond acceptors (Lipinski definition) is 4. The van der Waals surface area contributed by atoms with Gasteiger partial charge >= 0.3 is 0 Å². The Morgan fingerprint density at radius 2 is 1.80 bits per heavy atom. The lowest BCUT2D eigenvalue weighted by Gasteiger charge is -2.32. The van der Waals surface area contributed by atoms with E-state index >= 15 is 0 Å². The number of carbonyl (C=O) groups is 1. The van der Waals surface area contributed by atoms with Gasteiger partial charge in [-0.1, -0.05) is 12.1 Å². The van der Waals surface area contributed by atoms with Crippen LogP contribution in [0.2, 0.25) is 0 Å². The molecule has 2 aliphatic rings. The van der Waals surface area contributed by atoms with E-state index in [1.807, 2.05) is 0 Å². The Bertz CT molecular complexity index is 1050. The van der Waals surface area contributed by atoms with E-state index in [1.54, 1.807) is 17.8 Å². The summed E-state index contributed by atoms with van der Waals surface area (Å²) in [5.74, 6) is -0.752. The monoisotopic (exact) mass is 452 g/mol. The van der Waals surface area contributed by atoms with Crippen molar-refractivity contribution in [2.75, 3.05) is 18.8 Å². The van der Waals surface area contributed by atoms with E-state index < -0.39 is 15.8 Å². The van der Waals surface area contributed by atoms with Crippen LogP contribution in [0.3, 0.4) is 0 Å². The molecule has 2 heterocycles. The highest BCUT2D eigenvalue weighted by molar-refractivity contribution is 7.99. The number of rotatable bonds is 4. The van der Waals surface area contributed by atoms with E-state index in [4.69, 9.17) is 0 Å². The summed E-state index contributed by atoms with van der Waals surface area (Å²) in [4.78, 5) is 13.4. The van der Waals surface area contributed by atoms with Gasteiger partial charge in [-0.25, -0.2) is 17.2 Å². The summed E-state index contributed by atoms with van der Waals surface area (Å²) in [5, 5.41) is 3.02. The van der Waals surface area contributed by atoms with Gasteiger partial charge in [0.25, 0.3) is 0 Å². The van der Waals surface area contributed by atoms with Crippen LogP contribution in [-0.4, -0.2) is 37.5 Å². The number of nitrogens with one attached hydrogen (secondary N) is 1. The molecule has 4 rings (SSSR count). The fraction of sp³-hybridized carbons (Fsp3) is 0.381. The number of piperidine rings is 1. The Kier molecular flexibility index (Phi) is 6.13. The summed E-state index contributed by atoms with van der Waals surface area (Å²) in [6, 6.07) is 9.68. The molecular formula is C21H22F2N2O3S2. The maximum absolute atomic E-state index is 14.0. The van der Waals surface area contributed by atoms with Crippen molar-refractivity contribution in [2.45, 2.75) is 35.1 Å². The molecule has 1 amide bonds. The minimum Gasteiger partial charge on any atom is -0.349 e. The van der Waals surface area contributed by atoms with Crippen LogP contribution in [0.4, 0.5) is 8.78 Å². The molecular weight excluding hydrogens is 430 g/mol. The standard InChI is InChI=1S/C21H22F2N2O3S2/c22-15-5-6-19-16(13-15)18(9-12-29-19)24-21(26)14-7-10-25(11-8-14)30(27,28)20-4-2-1-3-17(20)23/h1-6,13-14,18H,7-12H2,(H,24,26)/t18-/m0/s1. The van der Waals surface area contributed by atoms with Gasteiger partial charge in [0.1, 0.15) is 16.5 Å². The minimum absolute atomic E-state index is 0.148. The van der Waals surface area contributed by atoms with Crippen LogP contribution >= 0.6 is 11.8 Å². The average molecular weight is 453 g/mol. The van der Waals surface area contributed by atoms with Crippen molar-refractivity contribution >= 4 is 27.7 Å². The van der Waals surface area contributed by atoms with Crippen molar-refractivity contribution in [1.29, 1.82) is 0 Å². The molecule has 2 aromatic carbocycles. The third-order valence-corrected chi connectivity index (χ3v) is 8.66. The molecule has 9 heteroatoms. The molecule has 1 fully saturated rings. The normalized spacial score (nSPS) is 20.5. The summed E-state index contributed by atoms with van der Waals surface area (Å²) in [7, 11) is -3.93. The SMILES string of the molecule is O=C(N[C@H]1CCSc2ccc(F)cc21)C1CCN(S(=O)(=O)c2ccccc2F)CC1. The number of thioether (sulfide) groups is 1. The molecule has 0 spiro atoms. The fourth-order valence-corrected chi connectivity index (χ4v) is 6.60. The summed E-state index contributed by atoms with van der Waals surface area (Å²) < 4.78 is 54.3. The summed E-state index contributed by atoms with van der Waals surface area (Å²) in [6.07, 6.45) is 1.43. The molecule has 0 radical (unpaired) electrons. The molecule has 5 nitrogen and oxygen atoms in total. The van der Waals surface area contributed by atoms with Gasteiger partial charge in [0.05, 0.1) is 6.04 Å². The first kappa shape index (κ1) is 21.3. The Hall–Kier alpha value is -1.97. The van der Waals surface area contributed by atoms with Crippen molar-refractivity contribution < 1.29 is 22.0 Å². The Labute approximate surface area is 178 Å². The molecule has 160 valence electrons. The number of amides is 1. The third-order valence-electron chi connectivity index (χ3n) is 5.61. The number of benzene rings is 2. The summed E-state index contributed by atoms with van der Waals surface area (Å²) in [6.45, 7) is 0.307. The van der Waals surface area contributed by atoms with Gasteiger partial charge in [0, 0.05) is 29.7 Å². The molecule has 2 aliphatic heterocycles. The number of nitrogens with zero attached hydrogens (tertiary/aromatic N) is 1. The number of halogens is 2. The van der Waals surface area contributed by atoms with E-state index in [2.05, 4.69) is 5.32 Å². The molecule has 1 N–H and O–H groups in total. The van der Waals surface area contributed by atoms with Crippen LogP contribution in [-0.2, 0) is 14.8 Å². The maximum atomic E-state index is 14.0. The van der Waals surface area contributed by atoms with E-state index in [-0.39, 0.29) is 41.7 Å². The molecule has 1 atom stereocenters. The first-order valence-electron chi connectivity index (χ1n) is 9.83. The quantitative estimate of drug-likeness (QED) is 0.768. The van der Waals surface area contributed by atoms with Crippen molar-refractivity contribution in [2.24, 2.45) is 5.92 Å². The smallest absolute Gasteiger partial charge is 0.245 e. The van der Waals surface area contributed by atoms with Gasteiger partial charge in [-0.15, -0.1) is 11.8 Å². The Morgan fingerprint density at radius 1 is 1.07 bits per heavy atom. The predicted octanol–water partition coefficient (Wildman–Crippen LogP) is 3.72. The molecule has 0 aliphatic carbocycles. The average Bonchev–Trinajstić information content (AvgIpc) is 2.74. The van der Waals surface area contributed by atoms with Gasteiger partial charge in [0.15, 0.2) is 0 Å². The maximum Gasteiger partial charge on any atom is 0.245 e. The lowest BCUT2D eigenvalue weighted by Crippen LogP contribution is -2.44. The summed E-state index contributed by atoms with van der Waals surface area (Å²) in [5.41, 5.74) is 0.791. The van der Waals surface area contributed by atoms with Gasteiger partial charge in [0.2, 0.25) is 15.9 Å². The highest BCUT2D eigenvalue weighted by atomic mass is 32.2. The Morgan fingerprint density at radius 3 is 2.53 bits per heavy atom. The molecule has 0 aromatic heterocycles. The first-order valence-corrected chi connectivity index (χ1v) is 12.3. The van der Waals surface area contributed by atoms with Gasteiger partial charge in [-0.3, -0.25) is 4.79 Å². The largest absolute Gasteiger partial charge is 0.349 e. The van der Waals surface area contributed by atoms with Gasteiger partial charge in [-0.05, 0) is 55.2 Å². The molecule has 1 saturated heterocycles. The molecule has 2 aromatic rings. The van der Waals surface area contributed by atoms with Crippen molar-refractivity contribution in [1.82, 2.24) is 9.62 Å². The zero-order chi connectivity index (χ0) is 21.3. The molecule has 0 saturated carbocycles. The van der Waals surface area contributed by atoms with Crippen molar-refractivity contribution in [3.05, 3.63) is 59.7 Å². The second-order valence-electron chi connectivity index (χ2n) is 7.49. The lowest BCUT2D eigenvalue weighted by atomic mass is 9.95. The van der Waals surface area contributed by atoms with Gasteiger partial charge < -0.3 is 5.32 Å². The number of fused-ring (bicyclic) bond motifs is 1. The highest BCUT2D eigenvalue weighted by Gasteiger charge is 2.34. The van der Waals surface area contributed by atoms with Crippen LogP contribution in [0.5, 0.6) is 0 Å². The number of sulfonamides is 1. The molecule has 30 heavy (non-hydrogen) atoms. The van der Waals surface area contributed by atoms with E-state index in [9.17, 15) is 22.0 Å². The summed E-state index contributed by atoms with van der Waals surface area (Å²) >= 11 is 1.64. The molecule has 0 bridgehead atoms. The topological polar surface area (TPSA) is 66.5 Å². The van der Waals surface area contributed by atoms with Crippen LogP contribution in [0.25, 0.3) is 0 Å².